The maximum atomic E-state index is 13.0. The van der Waals surface area contributed by atoms with Crippen LogP contribution in [0.25, 0.3) is 0 Å². The first-order chi connectivity index (χ1) is 12.7. The SMILES string of the molecule is CCN(CC(=O)Nc1ccccc1C(F)(F)F)C(=O)C(N)c1ccccc1. The van der Waals surface area contributed by atoms with Gasteiger partial charge in [-0.1, -0.05) is 42.5 Å². The minimum absolute atomic E-state index is 0.188. The molecule has 0 aliphatic heterocycles. The lowest BCUT2D eigenvalue weighted by Crippen LogP contribution is -2.42. The summed E-state index contributed by atoms with van der Waals surface area (Å²) in [6.45, 7) is 1.45. The van der Waals surface area contributed by atoms with E-state index >= 15 is 0 Å². The van der Waals surface area contributed by atoms with Gasteiger partial charge in [-0.05, 0) is 24.6 Å². The van der Waals surface area contributed by atoms with Gasteiger partial charge in [0.1, 0.15) is 6.04 Å². The van der Waals surface area contributed by atoms with Crippen LogP contribution in [0.15, 0.2) is 54.6 Å². The lowest BCUT2D eigenvalue weighted by Gasteiger charge is -2.24. The molecule has 0 aromatic heterocycles. The summed E-state index contributed by atoms with van der Waals surface area (Å²) in [6.07, 6.45) is -4.60. The van der Waals surface area contributed by atoms with Crippen molar-refractivity contribution in [3.63, 3.8) is 0 Å². The number of hydrogen-bond acceptors (Lipinski definition) is 3. The molecule has 0 bridgehead atoms. The van der Waals surface area contributed by atoms with Crippen molar-refractivity contribution >= 4 is 17.5 Å². The molecule has 3 N–H and O–H groups in total. The van der Waals surface area contributed by atoms with E-state index in [0.29, 0.717) is 5.56 Å². The molecule has 2 rings (SSSR count). The summed E-state index contributed by atoms with van der Waals surface area (Å²) in [5.41, 5.74) is 5.23. The number of anilines is 1. The highest BCUT2D eigenvalue weighted by Crippen LogP contribution is 2.34. The summed E-state index contributed by atoms with van der Waals surface area (Å²) in [5, 5.41) is 2.22. The summed E-state index contributed by atoms with van der Waals surface area (Å²) in [7, 11) is 0. The van der Waals surface area contributed by atoms with Gasteiger partial charge in [-0.3, -0.25) is 9.59 Å². The third-order valence-corrected chi connectivity index (χ3v) is 3.96. The van der Waals surface area contributed by atoms with Crippen LogP contribution in [0.1, 0.15) is 24.1 Å². The number of likely N-dealkylation sites (N-methyl/N-ethyl adjacent to an activating group) is 1. The van der Waals surface area contributed by atoms with Crippen LogP contribution in [-0.2, 0) is 15.8 Å². The number of alkyl halides is 3. The predicted octanol–water partition coefficient (Wildman–Crippen LogP) is 3.19. The Labute approximate surface area is 155 Å². The highest BCUT2D eigenvalue weighted by Gasteiger charge is 2.33. The number of carbonyl (C=O) groups excluding carboxylic acids is 2. The molecular weight excluding hydrogens is 359 g/mol. The normalized spacial score (nSPS) is 12.3. The van der Waals surface area contributed by atoms with Gasteiger partial charge in [-0.25, -0.2) is 0 Å². The van der Waals surface area contributed by atoms with Crippen LogP contribution in [0.3, 0.4) is 0 Å². The zero-order chi connectivity index (χ0) is 20.0. The van der Waals surface area contributed by atoms with Gasteiger partial charge in [0.05, 0.1) is 17.8 Å². The quantitative estimate of drug-likeness (QED) is 0.809. The zero-order valence-corrected chi connectivity index (χ0v) is 14.7. The number of para-hydroxylation sites is 1. The van der Waals surface area contributed by atoms with E-state index < -0.39 is 36.1 Å². The molecule has 0 saturated carbocycles. The second-order valence-electron chi connectivity index (χ2n) is 5.83. The molecule has 1 atom stereocenters. The number of nitrogens with one attached hydrogen (secondary N) is 1. The van der Waals surface area contributed by atoms with Gasteiger partial charge >= 0.3 is 6.18 Å². The summed E-state index contributed by atoms with van der Waals surface area (Å²) >= 11 is 0. The average molecular weight is 379 g/mol. The van der Waals surface area contributed by atoms with Crippen molar-refractivity contribution in [2.75, 3.05) is 18.4 Å². The Hall–Kier alpha value is -2.87. The number of benzene rings is 2. The van der Waals surface area contributed by atoms with Crippen LogP contribution in [0.5, 0.6) is 0 Å². The fraction of sp³-hybridized carbons (Fsp3) is 0.263. The molecule has 2 aromatic rings. The molecule has 0 spiro atoms. The first kappa shape index (κ1) is 20.4. The molecule has 27 heavy (non-hydrogen) atoms. The summed E-state index contributed by atoms with van der Waals surface area (Å²) in [5.74, 6) is -1.22. The molecule has 0 radical (unpaired) electrons. The summed E-state index contributed by atoms with van der Waals surface area (Å²) < 4.78 is 39.1. The van der Waals surface area contributed by atoms with E-state index in [2.05, 4.69) is 5.32 Å². The van der Waals surface area contributed by atoms with Crippen molar-refractivity contribution in [1.82, 2.24) is 4.90 Å². The van der Waals surface area contributed by atoms with Crippen molar-refractivity contribution in [1.29, 1.82) is 0 Å². The van der Waals surface area contributed by atoms with Crippen LogP contribution in [0.4, 0.5) is 18.9 Å². The molecular formula is C19H20F3N3O2. The molecule has 5 nitrogen and oxygen atoms in total. The van der Waals surface area contributed by atoms with E-state index in [9.17, 15) is 22.8 Å². The molecule has 8 heteroatoms. The average Bonchev–Trinajstić information content (AvgIpc) is 2.65. The van der Waals surface area contributed by atoms with Crippen LogP contribution in [-0.4, -0.2) is 29.8 Å². The minimum Gasteiger partial charge on any atom is -0.332 e. The molecule has 0 fully saturated rings. The van der Waals surface area contributed by atoms with E-state index in [1.54, 1.807) is 37.3 Å². The van der Waals surface area contributed by atoms with E-state index in [1.807, 2.05) is 0 Å². The first-order valence-electron chi connectivity index (χ1n) is 8.29. The molecule has 0 aliphatic carbocycles. The standard InChI is InChI=1S/C19H20F3N3O2/c1-2-25(18(27)17(23)13-8-4-3-5-9-13)12-16(26)24-15-11-7-6-10-14(15)19(20,21)22/h3-11,17H,2,12,23H2,1H3,(H,24,26). The van der Waals surface area contributed by atoms with Gasteiger partial charge in [-0.15, -0.1) is 0 Å². The van der Waals surface area contributed by atoms with E-state index in [4.69, 9.17) is 5.73 Å². The third-order valence-electron chi connectivity index (χ3n) is 3.96. The van der Waals surface area contributed by atoms with Gasteiger partial charge in [0, 0.05) is 6.54 Å². The fourth-order valence-electron chi connectivity index (χ4n) is 2.55. The first-order valence-corrected chi connectivity index (χ1v) is 8.29. The monoisotopic (exact) mass is 379 g/mol. The number of halogens is 3. The zero-order valence-electron chi connectivity index (χ0n) is 14.7. The predicted molar refractivity (Wildman–Crippen MR) is 95.7 cm³/mol. The van der Waals surface area contributed by atoms with E-state index in [-0.39, 0.29) is 12.2 Å². The highest BCUT2D eigenvalue weighted by molar-refractivity contribution is 5.96. The lowest BCUT2D eigenvalue weighted by atomic mass is 10.1. The summed E-state index contributed by atoms with van der Waals surface area (Å²) in [6, 6.07) is 12.3. The van der Waals surface area contributed by atoms with E-state index in [1.165, 1.54) is 17.0 Å². The van der Waals surface area contributed by atoms with Crippen LogP contribution in [0.2, 0.25) is 0 Å². The number of amides is 2. The number of carbonyl (C=O) groups is 2. The Morgan fingerprint density at radius 2 is 1.67 bits per heavy atom. The molecule has 2 amide bonds. The topological polar surface area (TPSA) is 75.4 Å². The third kappa shape index (κ3) is 5.30. The van der Waals surface area contributed by atoms with Gasteiger partial charge < -0.3 is 16.0 Å². The lowest BCUT2D eigenvalue weighted by molar-refractivity contribution is -0.137. The fourth-order valence-corrected chi connectivity index (χ4v) is 2.55. The molecule has 144 valence electrons. The smallest absolute Gasteiger partial charge is 0.332 e. The number of nitrogens with zero attached hydrogens (tertiary/aromatic N) is 1. The van der Waals surface area contributed by atoms with Crippen molar-refractivity contribution in [2.45, 2.75) is 19.1 Å². The Kier molecular flexibility index (Phi) is 6.57. The Morgan fingerprint density at radius 3 is 2.26 bits per heavy atom. The van der Waals surface area contributed by atoms with Crippen molar-refractivity contribution in [3.05, 3.63) is 65.7 Å². The second kappa shape index (κ2) is 8.68. The Bertz CT molecular complexity index is 794. The van der Waals surface area contributed by atoms with Gasteiger partial charge in [-0.2, -0.15) is 13.2 Å². The van der Waals surface area contributed by atoms with Gasteiger partial charge in [0.25, 0.3) is 0 Å². The largest absolute Gasteiger partial charge is 0.418 e. The molecule has 0 saturated heterocycles. The van der Waals surface area contributed by atoms with Crippen LogP contribution < -0.4 is 11.1 Å². The molecule has 2 aromatic carbocycles. The number of hydrogen-bond donors (Lipinski definition) is 2. The molecule has 0 heterocycles. The van der Waals surface area contributed by atoms with Crippen molar-refractivity contribution in [3.8, 4) is 0 Å². The summed E-state index contributed by atoms with van der Waals surface area (Å²) in [4.78, 5) is 25.9. The van der Waals surface area contributed by atoms with Crippen molar-refractivity contribution < 1.29 is 22.8 Å². The number of nitrogens with two attached hydrogens (primary N) is 1. The maximum absolute atomic E-state index is 13.0. The Morgan fingerprint density at radius 1 is 1.07 bits per heavy atom. The minimum atomic E-state index is -4.60. The van der Waals surface area contributed by atoms with E-state index in [0.717, 1.165) is 12.1 Å². The second-order valence-corrected chi connectivity index (χ2v) is 5.83. The van der Waals surface area contributed by atoms with Gasteiger partial charge in [0.2, 0.25) is 11.8 Å². The van der Waals surface area contributed by atoms with Crippen LogP contribution >= 0.6 is 0 Å². The number of rotatable bonds is 6. The van der Waals surface area contributed by atoms with Gasteiger partial charge in [0.15, 0.2) is 0 Å². The highest BCUT2D eigenvalue weighted by atomic mass is 19.4. The van der Waals surface area contributed by atoms with Crippen LogP contribution in [0, 0.1) is 0 Å². The molecule has 1 unspecified atom stereocenters. The molecule has 0 aliphatic rings. The Balaban J connectivity index is 2.09. The maximum Gasteiger partial charge on any atom is 0.418 e. The van der Waals surface area contributed by atoms with Crippen molar-refractivity contribution in [2.24, 2.45) is 5.73 Å².